The average molecular weight is 164 g/mol. The SMILES string of the molecule is CCN1CC(F)(F)C[C@H]1CN. The number of likely N-dealkylation sites (tertiary alicyclic amines) is 1. The van der Waals surface area contributed by atoms with Crippen LogP contribution in [0.25, 0.3) is 0 Å². The molecule has 4 heteroatoms. The van der Waals surface area contributed by atoms with E-state index in [0.29, 0.717) is 13.1 Å². The number of hydrogen-bond donors (Lipinski definition) is 1. The Balaban J connectivity index is 2.55. The molecule has 1 saturated heterocycles. The molecular weight excluding hydrogens is 150 g/mol. The van der Waals surface area contributed by atoms with Gasteiger partial charge in [0.15, 0.2) is 0 Å². The molecule has 0 saturated carbocycles. The first-order valence-electron chi connectivity index (χ1n) is 3.91. The van der Waals surface area contributed by atoms with Crippen molar-refractivity contribution < 1.29 is 8.78 Å². The molecule has 1 fully saturated rings. The molecule has 0 aliphatic carbocycles. The van der Waals surface area contributed by atoms with Crippen LogP contribution in [-0.2, 0) is 0 Å². The number of likely N-dealkylation sites (N-methyl/N-ethyl adjacent to an activating group) is 1. The molecule has 11 heavy (non-hydrogen) atoms. The van der Waals surface area contributed by atoms with Gasteiger partial charge in [0.25, 0.3) is 5.92 Å². The Kier molecular flexibility index (Phi) is 2.44. The second kappa shape index (κ2) is 3.03. The van der Waals surface area contributed by atoms with Crippen LogP contribution in [0, 0.1) is 0 Å². The molecule has 0 spiro atoms. The van der Waals surface area contributed by atoms with Crippen molar-refractivity contribution >= 4 is 0 Å². The lowest BCUT2D eigenvalue weighted by Crippen LogP contribution is -2.35. The largest absolute Gasteiger partial charge is 0.329 e. The Bertz CT molecular complexity index is 124. The predicted molar refractivity (Wildman–Crippen MR) is 39.7 cm³/mol. The number of halogens is 2. The molecule has 0 amide bonds. The van der Waals surface area contributed by atoms with Crippen molar-refractivity contribution in [2.45, 2.75) is 25.3 Å². The second-order valence-corrected chi connectivity index (χ2v) is 3.01. The number of rotatable bonds is 2. The maximum atomic E-state index is 12.7. The number of alkyl halides is 2. The van der Waals surface area contributed by atoms with Gasteiger partial charge in [-0.3, -0.25) is 4.90 Å². The summed E-state index contributed by atoms with van der Waals surface area (Å²) in [4.78, 5) is 1.74. The van der Waals surface area contributed by atoms with Crippen LogP contribution >= 0.6 is 0 Å². The highest BCUT2D eigenvalue weighted by atomic mass is 19.3. The van der Waals surface area contributed by atoms with Crippen molar-refractivity contribution in [2.75, 3.05) is 19.6 Å². The third-order valence-corrected chi connectivity index (χ3v) is 2.16. The van der Waals surface area contributed by atoms with E-state index in [0.717, 1.165) is 0 Å². The predicted octanol–water partition coefficient (Wildman–Crippen LogP) is 0.675. The Morgan fingerprint density at radius 1 is 1.64 bits per heavy atom. The molecule has 0 radical (unpaired) electrons. The van der Waals surface area contributed by atoms with Gasteiger partial charge in [0.1, 0.15) is 0 Å². The van der Waals surface area contributed by atoms with Crippen molar-refractivity contribution in [3.63, 3.8) is 0 Å². The first kappa shape index (κ1) is 8.87. The third-order valence-electron chi connectivity index (χ3n) is 2.16. The summed E-state index contributed by atoms with van der Waals surface area (Å²) >= 11 is 0. The molecule has 1 aliphatic heterocycles. The summed E-state index contributed by atoms with van der Waals surface area (Å²) in [5.41, 5.74) is 5.35. The zero-order chi connectivity index (χ0) is 8.48. The molecule has 1 rings (SSSR count). The van der Waals surface area contributed by atoms with Gasteiger partial charge >= 0.3 is 0 Å². The topological polar surface area (TPSA) is 29.3 Å². The molecular formula is C7H14F2N2. The van der Waals surface area contributed by atoms with Gasteiger partial charge in [0, 0.05) is 19.0 Å². The van der Waals surface area contributed by atoms with Gasteiger partial charge < -0.3 is 5.73 Å². The second-order valence-electron chi connectivity index (χ2n) is 3.01. The molecule has 0 unspecified atom stereocenters. The van der Waals surface area contributed by atoms with Crippen LogP contribution in [-0.4, -0.2) is 36.5 Å². The highest BCUT2D eigenvalue weighted by molar-refractivity contribution is 4.90. The third kappa shape index (κ3) is 1.87. The highest BCUT2D eigenvalue weighted by Crippen LogP contribution is 2.30. The van der Waals surface area contributed by atoms with Crippen LogP contribution in [0.3, 0.4) is 0 Å². The van der Waals surface area contributed by atoms with Crippen LogP contribution in [0.5, 0.6) is 0 Å². The summed E-state index contributed by atoms with van der Waals surface area (Å²) in [5.74, 6) is -2.51. The smallest absolute Gasteiger partial charge is 0.262 e. The lowest BCUT2D eigenvalue weighted by atomic mass is 10.2. The quantitative estimate of drug-likeness (QED) is 0.650. The molecule has 1 atom stereocenters. The number of nitrogens with zero attached hydrogens (tertiary/aromatic N) is 1. The normalized spacial score (nSPS) is 31.1. The van der Waals surface area contributed by atoms with Crippen LogP contribution in [0.1, 0.15) is 13.3 Å². The lowest BCUT2D eigenvalue weighted by Gasteiger charge is -2.19. The average Bonchev–Trinajstić information content (AvgIpc) is 2.25. The van der Waals surface area contributed by atoms with Gasteiger partial charge in [0.05, 0.1) is 6.54 Å². The van der Waals surface area contributed by atoms with E-state index in [1.54, 1.807) is 4.90 Å². The number of hydrogen-bond acceptors (Lipinski definition) is 2. The molecule has 2 nitrogen and oxygen atoms in total. The molecule has 1 aliphatic rings. The van der Waals surface area contributed by atoms with E-state index in [-0.39, 0.29) is 19.0 Å². The van der Waals surface area contributed by atoms with Crippen LogP contribution in [0.15, 0.2) is 0 Å². The Hall–Kier alpha value is -0.220. The fourth-order valence-electron chi connectivity index (χ4n) is 1.57. The van der Waals surface area contributed by atoms with E-state index in [4.69, 9.17) is 5.73 Å². The van der Waals surface area contributed by atoms with Crippen molar-refractivity contribution in [1.82, 2.24) is 4.90 Å². The summed E-state index contributed by atoms with van der Waals surface area (Å²) in [5, 5.41) is 0. The highest BCUT2D eigenvalue weighted by Gasteiger charge is 2.43. The van der Waals surface area contributed by atoms with Crippen LogP contribution in [0.2, 0.25) is 0 Å². The summed E-state index contributed by atoms with van der Waals surface area (Å²) < 4.78 is 25.4. The zero-order valence-electron chi connectivity index (χ0n) is 6.69. The van der Waals surface area contributed by atoms with Gasteiger partial charge in [-0.1, -0.05) is 6.92 Å². The maximum absolute atomic E-state index is 12.7. The fraction of sp³-hybridized carbons (Fsp3) is 1.00. The van der Waals surface area contributed by atoms with Crippen LogP contribution in [0.4, 0.5) is 8.78 Å². The van der Waals surface area contributed by atoms with E-state index < -0.39 is 5.92 Å². The van der Waals surface area contributed by atoms with Crippen molar-refractivity contribution in [3.8, 4) is 0 Å². The fourth-order valence-corrected chi connectivity index (χ4v) is 1.57. The van der Waals surface area contributed by atoms with Crippen molar-refractivity contribution in [2.24, 2.45) is 5.73 Å². The monoisotopic (exact) mass is 164 g/mol. The van der Waals surface area contributed by atoms with E-state index in [9.17, 15) is 8.78 Å². The van der Waals surface area contributed by atoms with Gasteiger partial charge in [-0.05, 0) is 6.54 Å². The Morgan fingerprint density at radius 2 is 2.27 bits per heavy atom. The number of nitrogens with two attached hydrogens (primary N) is 1. The van der Waals surface area contributed by atoms with Crippen molar-refractivity contribution in [3.05, 3.63) is 0 Å². The molecule has 0 aromatic carbocycles. The minimum atomic E-state index is -2.51. The Morgan fingerprint density at radius 3 is 2.64 bits per heavy atom. The van der Waals surface area contributed by atoms with Crippen molar-refractivity contribution in [1.29, 1.82) is 0 Å². The van der Waals surface area contributed by atoms with Gasteiger partial charge in [-0.15, -0.1) is 0 Å². The van der Waals surface area contributed by atoms with Gasteiger partial charge in [-0.2, -0.15) is 0 Å². The summed E-state index contributed by atoms with van der Waals surface area (Å²) in [6, 6.07) is -0.116. The van der Waals surface area contributed by atoms with Gasteiger partial charge in [-0.25, -0.2) is 8.78 Å². The maximum Gasteiger partial charge on any atom is 0.262 e. The summed E-state index contributed by atoms with van der Waals surface area (Å²) in [6.45, 7) is 2.76. The minimum Gasteiger partial charge on any atom is -0.329 e. The lowest BCUT2D eigenvalue weighted by molar-refractivity contribution is 0.0125. The summed E-state index contributed by atoms with van der Waals surface area (Å²) in [7, 11) is 0. The van der Waals surface area contributed by atoms with E-state index in [1.165, 1.54) is 0 Å². The molecule has 0 bridgehead atoms. The zero-order valence-corrected chi connectivity index (χ0v) is 6.69. The molecule has 2 N–H and O–H groups in total. The first-order chi connectivity index (χ1) is 5.09. The molecule has 0 aromatic heterocycles. The molecule has 66 valence electrons. The van der Waals surface area contributed by atoms with E-state index in [2.05, 4.69) is 0 Å². The summed E-state index contributed by atoms with van der Waals surface area (Å²) in [6.07, 6.45) is -0.0721. The van der Waals surface area contributed by atoms with Crippen LogP contribution < -0.4 is 5.73 Å². The first-order valence-corrected chi connectivity index (χ1v) is 3.91. The minimum absolute atomic E-state index is 0.0721. The molecule has 0 aromatic rings. The van der Waals surface area contributed by atoms with Gasteiger partial charge in [0.2, 0.25) is 0 Å². The molecule has 1 heterocycles. The van der Waals surface area contributed by atoms with E-state index in [1.807, 2.05) is 6.92 Å². The standard InChI is InChI=1S/C7H14F2N2/c1-2-11-5-7(8,9)3-6(11)4-10/h6H,2-5,10H2,1H3/t6-/m0/s1. The van der Waals surface area contributed by atoms with E-state index >= 15 is 0 Å². The Labute approximate surface area is 65.4 Å².